The van der Waals surface area contributed by atoms with Crippen LogP contribution in [0.4, 0.5) is 8.78 Å². The van der Waals surface area contributed by atoms with Crippen LogP contribution in [0, 0.1) is 11.6 Å². The minimum atomic E-state index is -0.362. The van der Waals surface area contributed by atoms with Gasteiger partial charge in [-0.1, -0.05) is 56.7 Å². The van der Waals surface area contributed by atoms with Crippen molar-refractivity contribution in [2.45, 2.75) is 83.0 Å². The lowest BCUT2D eigenvalue weighted by molar-refractivity contribution is 0.273. The van der Waals surface area contributed by atoms with Crippen LogP contribution in [-0.2, 0) is 11.8 Å². The fourth-order valence-corrected chi connectivity index (χ4v) is 4.16. The topological polar surface area (TPSA) is 0 Å². The van der Waals surface area contributed by atoms with Crippen LogP contribution in [0.2, 0.25) is 0 Å². The highest BCUT2D eigenvalue weighted by Gasteiger charge is 2.34. The molecule has 1 fully saturated rings. The van der Waals surface area contributed by atoms with E-state index in [1.807, 2.05) is 6.08 Å². The van der Waals surface area contributed by atoms with E-state index in [-0.39, 0.29) is 22.6 Å². The van der Waals surface area contributed by atoms with Crippen LogP contribution in [0.15, 0.2) is 23.7 Å². The van der Waals surface area contributed by atoms with Gasteiger partial charge in [-0.3, -0.25) is 0 Å². The molecule has 0 nitrogen and oxygen atoms in total. The Kier molecular flexibility index (Phi) is 7.74. The van der Waals surface area contributed by atoms with Crippen LogP contribution < -0.4 is 0 Å². The Morgan fingerprint density at radius 3 is 2.33 bits per heavy atom. The first-order valence-electron chi connectivity index (χ1n) is 9.36. The van der Waals surface area contributed by atoms with Crippen molar-refractivity contribution in [3.63, 3.8) is 0 Å². The van der Waals surface area contributed by atoms with Crippen molar-refractivity contribution in [3.05, 3.63) is 46.5 Å². The molecule has 0 saturated heterocycles. The molecule has 134 valence electrons. The molecule has 0 amide bonds. The molecule has 1 aliphatic rings. The van der Waals surface area contributed by atoms with E-state index in [4.69, 9.17) is 11.6 Å². The second kappa shape index (κ2) is 9.56. The highest BCUT2D eigenvalue weighted by atomic mass is 35.5. The predicted molar refractivity (Wildman–Crippen MR) is 98.6 cm³/mol. The summed E-state index contributed by atoms with van der Waals surface area (Å²) in [7, 11) is 0. The van der Waals surface area contributed by atoms with Gasteiger partial charge in [0.25, 0.3) is 0 Å². The average Bonchev–Trinajstić information content (AvgIpc) is 2.58. The average molecular weight is 355 g/mol. The molecule has 0 atom stereocenters. The summed E-state index contributed by atoms with van der Waals surface area (Å²) in [4.78, 5) is 0. The first kappa shape index (κ1) is 19.4. The summed E-state index contributed by atoms with van der Waals surface area (Å²) in [6.07, 6.45) is 12.6. The van der Waals surface area contributed by atoms with Crippen molar-refractivity contribution >= 4 is 11.6 Å². The van der Waals surface area contributed by atoms with Gasteiger partial charge in [0, 0.05) is 11.1 Å². The summed E-state index contributed by atoms with van der Waals surface area (Å²) < 4.78 is 29.2. The fraction of sp³-hybridized carbons (Fsp3) is 0.619. The summed E-state index contributed by atoms with van der Waals surface area (Å²) in [5, 5.41) is 0. The Hall–Kier alpha value is -0.890. The molecule has 0 bridgehead atoms. The lowest BCUT2D eigenvalue weighted by atomic mass is 9.66. The van der Waals surface area contributed by atoms with Gasteiger partial charge in [-0.25, -0.2) is 8.78 Å². The SMILES string of the molecule is CCCCCc1c(F)cc(C2(CC/C=C/Cl)CCCCC2)cc1F. The second-order valence-corrected chi connectivity index (χ2v) is 7.37. The third-order valence-corrected chi connectivity index (χ3v) is 5.65. The first-order valence-corrected chi connectivity index (χ1v) is 9.80. The van der Waals surface area contributed by atoms with Gasteiger partial charge in [-0.2, -0.15) is 0 Å². The third kappa shape index (κ3) is 4.81. The number of rotatable bonds is 8. The number of halogens is 3. The zero-order valence-electron chi connectivity index (χ0n) is 14.7. The van der Waals surface area contributed by atoms with E-state index in [1.165, 1.54) is 12.0 Å². The maximum atomic E-state index is 14.6. The summed E-state index contributed by atoms with van der Waals surface area (Å²) in [6, 6.07) is 3.22. The number of hydrogen-bond donors (Lipinski definition) is 0. The van der Waals surface area contributed by atoms with Crippen LogP contribution in [0.5, 0.6) is 0 Å². The van der Waals surface area contributed by atoms with E-state index in [9.17, 15) is 8.78 Å². The highest BCUT2D eigenvalue weighted by Crippen LogP contribution is 2.44. The molecule has 2 rings (SSSR count). The predicted octanol–water partition coefficient (Wildman–Crippen LogP) is 7.43. The molecular weight excluding hydrogens is 326 g/mol. The van der Waals surface area contributed by atoms with Crippen molar-refractivity contribution in [2.75, 3.05) is 0 Å². The van der Waals surface area contributed by atoms with E-state index < -0.39 is 0 Å². The van der Waals surface area contributed by atoms with Gasteiger partial charge in [0.05, 0.1) is 0 Å². The Morgan fingerprint density at radius 1 is 1.08 bits per heavy atom. The normalized spacial score (nSPS) is 17.5. The van der Waals surface area contributed by atoms with Crippen LogP contribution in [0.25, 0.3) is 0 Å². The summed E-state index contributed by atoms with van der Waals surface area (Å²) in [6.45, 7) is 2.10. The van der Waals surface area contributed by atoms with Gasteiger partial charge >= 0.3 is 0 Å². The van der Waals surface area contributed by atoms with Gasteiger partial charge < -0.3 is 0 Å². The summed E-state index contributed by atoms with van der Waals surface area (Å²) in [5.74, 6) is -0.724. The molecule has 1 saturated carbocycles. The van der Waals surface area contributed by atoms with Gasteiger partial charge in [-0.05, 0) is 61.6 Å². The summed E-state index contributed by atoms with van der Waals surface area (Å²) in [5.41, 5.74) is 2.55. The number of unbranched alkanes of at least 4 members (excludes halogenated alkanes) is 2. The molecule has 0 radical (unpaired) electrons. The van der Waals surface area contributed by atoms with E-state index in [0.717, 1.165) is 63.4 Å². The van der Waals surface area contributed by atoms with E-state index in [1.54, 1.807) is 12.1 Å². The lowest BCUT2D eigenvalue weighted by Crippen LogP contribution is -2.29. The van der Waals surface area contributed by atoms with Crippen LogP contribution in [0.3, 0.4) is 0 Å². The van der Waals surface area contributed by atoms with Crippen LogP contribution >= 0.6 is 11.6 Å². The lowest BCUT2D eigenvalue weighted by Gasteiger charge is -2.38. The van der Waals surface area contributed by atoms with Gasteiger partial charge in [0.2, 0.25) is 0 Å². The quantitative estimate of drug-likeness (QED) is 0.426. The molecular formula is C21H29ClF2. The molecule has 0 spiro atoms. The first-order chi connectivity index (χ1) is 11.6. The molecule has 1 aliphatic carbocycles. The van der Waals surface area contributed by atoms with Crippen LogP contribution in [-0.4, -0.2) is 0 Å². The smallest absolute Gasteiger partial charge is 0.129 e. The Bertz CT molecular complexity index is 522. The number of allylic oxidation sites excluding steroid dienone is 1. The molecule has 0 aromatic heterocycles. The van der Waals surface area contributed by atoms with Crippen molar-refractivity contribution < 1.29 is 8.78 Å². The fourth-order valence-electron chi connectivity index (χ4n) is 4.03. The maximum absolute atomic E-state index is 14.6. The van der Waals surface area contributed by atoms with E-state index in [2.05, 4.69) is 6.92 Å². The largest absolute Gasteiger partial charge is 0.207 e. The van der Waals surface area contributed by atoms with Crippen molar-refractivity contribution in [2.24, 2.45) is 0 Å². The number of benzene rings is 1. The minimum Gasteiger partial charge on any atom is -0.207 e. The summed E-state index contributed by atoms with van der Waals surface area (Å²) >= 11 is 5.64. The van der Waals surface area contributed by atoms with Gasteiger partial charge in [-0.15, -0.1) is 0 Å². The molecule has 0 N–H and O–H groups in total. The van der Waals surface area contributed by atoms with Gasteiger partial charge in [0.15, 0.2) is 0 Å². The Balaban J connectivity index is 2.26. The molecule has 0 aliphatic heterocycles. The van der Waals surface area contributed by atoms with Crippen molar-refractivity contribution in [1.82, 2.24) is 0 Å². The minimum absolute atomic E-state index is 0.0989. The molecule has 24 heavy (non-hydrogen) atoms. The molecule has 1 aromatic rings. The zero-order valence-corrected chi connectivity index (χ0v) is 15.5. The zero-order chi connectivity index (χ0) is 17.4. The standard InChI is InChI=1S/C21H29ClF2/c1-2-3-5-10-18-19(23)15-17(16-20(18)24)21(13-8-9-14-22)11-6-4-7-12-21/h9,14-16H,2-8,10-13H2,1H3/b14-9+. The molecule has 1 aromatic carbocycles. The van der Waals surface area contributed by atoms with Crippen LogP contribution in [0.1, 0.15) is 82.3 Å². The van der Waals surface area contributed by atoms with E-state index in [0.29, 0.717) is 6.42 Å². The highest BCUT2D eigenvalue weighted by molar-refractivity contribution is 6.25. The van der Waals surface area contributed by atoms with Crippen molar-refractivity contribution in [1.29, 1.82) is 0 Å². The maximum Gasteiger partial charge on any atom is 0.129 e. The molecule has 3 heteroatoms. The Labute approximate surface area is 150 Å². The molecule has 0 heterocycles. The van der Waals surface area contributed by atoms with Crippen molar-refractivity contribution in [3.8, 4) is 0 Å². The second-order valence-electron chi connectivity index (χ2n) is 7.12. The van der Waals surface area contributed by atoms with E-state index >= 15 is 0 Å². The van der Waals surface area contributed by atoms with Gasteiger partial charge in [0.1, 0.15) is 11.6 Å². The third-order valence-electron chi connectivity index (χ3n) is 5.47. The monoisotopic (exact) mass is 354 g/mol. The molecule has 0 unspecified atom stereocenters. The number of hydrogen-bond acceptors (Lipinski definition) is 0. The Morgan fingerprint density at radius 2 is 1.75 bits per heavy atom.